The first kappa shape index (κ1) is 19.8. The summed E-state index contributed by atoms with van der Waals surface area (Å²) in [6.45, 7) is 6.96. The third-order valence-electron chi connectivity index (χ3n) is 4.52. The summed E-state index contributed by atoms with van der Waals surface area (Å²) in [5.41, 5.74) is 1.43. The lowest BCUT2D eigenvalue weighted by Gasteiger charge is -2.32. The molecule has 7 heteroatoms. The number of rotatable bonds is 5. The molecule has 2 heterocycles. The standard InChI is InChI=1S/C21H26N4O3/c1-15(2)28-19-6-4-18(5-7-19)23-20(26)16-12-17(14-22-13-16)21(27)25-10-8-24(3)9-11-25/h4-7,12-15H,8-11H2,1-3H3,(H,23,26). The van der Waals surface area contributed by atoms with E-state index in [-0.39, 0.29) is 17.9 Å². The summed E-state index contributed by atoms with van der Waals surface area (Å²) in [5, 5.41) is 2.82. The molecule has 1 aromatic heterocycles. The predicted octanol–water partition coefficient (Wildman–Crippen LogP) is 2.51. The number of aromatic nitrogens is 1. The lowest BCUT2D eigenvalue weighted by atomic mass is 10.1. The molecule has 1 fully saturated rings. The first-order chi connectivity index (χ1) is 13.4. The first-order valence-electron chi connectivity index (χ1n) is 9.43. The van der Waals surface area contributed by atoms with Crippen LogP contribution in [0.4, 0.5) is 5.69 Å². The number of likely N-dealkylation sites (N-methyl/N-ethyl adjacent to an activating group) is 1. The van der Waals surface area contributed by atoms with Gasteiger partial charge in [-0.1, -0.05) is 0 Å². The molecule has 0 radical (unpaired) electrons. The van der Waals surface area contributed by atoms with E-state index < -0.39 is 0 Å². The molecule has 1 aromatic carbocycles. The van der Waals surface area contributed by atoms with Crippen LogP contribution in [0.3, 0.4) is 0 Å². The van der Waals surface area contributed by atoms with Crippen LogP contribution in [0.1, 0.15) is 34.6 Å². The van der Waals surface area contributed by atoms with Crippen molar-refractivity contribution in [2.45, 2.75) is 20.0 Å². The lowest BCUT2D eigenvalue weighted by Crippen LogP contribution is -2.47. The Morgan fingerprint density at radius 3 is 2.32 bits per heavy atom. The Morgan fingerprint density at radius 1 is 1.04 bits per heavy atom. The number of nitrogens with one attached hydrogen (secondary N) is 1. The number of ether oxygens (including phenoxy) is 1. The Morgan fingerprint density at radius 2 is 1.68 bits per heavy atom. The van der Waals surface area contributed by atoms with Crippen LogP contribution in [0.25, 0.3) is 0 Å². The number of anilines is 1. The van der Waals surface area contributed by atoms with Gasteiger partial charge < -0.3 is 19.9 Å². The van der Waals surface area contributed by atoms with E-state index in [1.165, 1.54) is 12.4 Å². The molecule has 0 aliphatic carbocycles. The van der Waals surface area contributed by atoms with Crippen LogP contribution in [0.5, 0.6) is 5.75 Å². The molecule has 148 valence electrons. The van der Waals surface area contributed by atoms with Gasteiger partial charge in [0.1, 0.15) is 5.75 Å². The van der Waals surface area contributed by atoms with Gasteiger partial charge in [0.2, 0.25) is 0 Å². The fourth-order valence-electron chi connectivity index (χ4n) is 2.97. The van der Waals surface area contributed by atoms with Gasteiger partial charge in [-0.3, -0.25) is 14.6 Å². The zero-order valence-corrected chi connectivity index (χ0v) is 16.5. The second-order valence-corrected chi connectivity index (χ2v) is 7.20. The number of hydrogen-bond donors (Lipinski definition) is 1. The summed E-state index contributed by atoms with van der Waals surface area (Å²) in [5.74, 6) is 0.345. The van der Waals surface area contributed by atoms with Crippen molar-refractivity contribution in [3.05, 3.63) is 53.9 Å². The van der Waals surface area contributed by atoms with E-state index in [1.807, 2.05) is 20.9 Å². The quantitative estimate of drug-likeness (QED) is 0.860. The van der Waals surface area contributed by atoms with Crippen LogP contribution < -0.4 is 10.1 Å². The van der Waals surface area contributed by atoms with Crippen LogP contribution in [-0.4, -0.2) is 65.9 Å². The summed E-state index contributed by atoms with van der Waals surface area (Å²) >= 11 is 0. The monoisotopic (exact) mass is 382 g/mol. The predicted molar refractivity (Wildman–Crippen MR) is 108 cm³/mol. The van der Waals surface area contributed by atoms with E-state index in [0.29, 0.717) is 29.9 Å². The first-order valence-corrected chi connectivity index (χ1v) is 9.43. The SMILES string of the molecule is CC(C)Oc1ccc(NC(=O)c2cncc(C(=O)N3CCN(C)CC3)c2)cc1. The average molecular weight is 382 g/mol. The van der Waals surface area contributed by atoms with Gasteiger partial charge in [-0.05, 0) is 51.2 Å². The normalized spacial score (nSPS) is 14.8. The summed E-state index contributed by atoms with van der Waals surface area (Å²) in [6.07, 6.45) is 3.06. The molecule has 2 aromatic rings. The smallest absolute Gasteiger partial charge is 0.257 e. The van der Waals surface area contributed by atoms with Gasteiger partial charge >= 0.3 is 0 Å². The van der Waals surface area contributed by atoms with Gasteiger partial charge in [-0.2, -0.15) is 0 Å². The van der Waals surface area contributed by atoms with Crippen LogP contribution in [0, 0.1) is 0 Å². The Bertz CT molecular complexity index is 828. The van der Waals surface area contributed by atoms with Crippen molar-refractivity contribution >= 4 is 17.5 Å². The number of nitrogens with zero attached hydrogens (tertiary/aromatic N) is 3. The Kier molecular flexibility index (Phi) is 6.26. The number of benzene rings is 1. The van der Waals surface area contributed by atoms with E-state index in [0.717, 1.165) is 18.8 Å². The molecule has 0 spiro atoms. The van der Waals surface area contributed by atoms with Crippen molar-refractivity contribution in [1.82, 2.24) is 14.8 Å². The second-order valence-electron chi connectivity index (χ2n) is 7.20. The van der Waals surface area contributed by atoms with Crippen molar-refractivity contribution in [1.29, 1.82) is 0 Å². The molecular weight excluding hydrogens is 356 g/mol. The minimum absolute atomic E-state index is 0.0899. The molecule has 0 unspecified atom stereocenters. The molecule has 1 N–H and O–H groups in total. The maximum atomic E-state index is 12.7. The highest BCUT2D eigenvalue weighted by Crippen LogP contribution is 2.18. The van der Waals surface area contributed by atoms with E-state index >= 15 is 0 Å². The maximum Gasteiger partial charge on any atom is 0.257 e. The molecule has 0 saturated carbocycles. The molecule has 28 heavy (non-hydrogen) atoms. The molecule has 1 aliphatic rings. The number of amides is 2. The summed E-state index contributed by atoms with van der Waals surface area (Å²) in [6, 6.07) is 8.77. The number of piperazine rings is 1. The Labute approximate surface area is 165 Å². The van der Waals surface area contributed by atoms with Crippen LogP contribution in [-0.2, 0) is 0 Å². The molecule has 1 saturated heterocycles. The van der Waals surface area contributed by atoms with Gasteiger partial charge in [0.05, 0.1) is 17.2 Å². The lowest BCUT2D eigenvalue weighted by molar-refractivity contribution is 0.0663. The molecule has 7 nitrogen and oxygen atoms in total. The zero-order valence-electron chi connectivity index (χ0n) is 16.5. The van der Waals surface area contributed by atoms with Crippen molar-refractivity contribution in [3.63, 3.8) is 0 Å². The molecule has 2 amide bonds. The number of pyridine rings is 1. The fourth-order valence-corrected chi connectivity index (χ4v) is 2.97. The number of hydrogen-bond acceptors (Lipinski definition) is 5. The highest BCUT2D eigenvalue weighted by Gasteiger charge is 2.21. The van der Waals surface area contributed by atoms with Gasteiger partial charge in [-0.25, -0.2) is 0 Å². The topological polar surface area (TPSA) is 74.8 Å². The molecule has 0 bridgehead atoms. The van der Waals surface area contributed by atoms with E-state index in [9.17, 15) is 9.59 Å². The largest absolute Gasteiger partial charge is 0.491 e. The third-order valence-corrected chi connectivity index (χ3v) is 4.52. The maximum absolute atomic E-state index is 12.7. The summed E-state index contributed by atoms with van der Waals surface area (Å²) < 4.78 is 5.60. The van der Waals surface area contributed by atoms with Crippen LogP contribution in [0.2, 0.25) is 0 Å². The summed E-state index contributed by atoms with van der Waals surface area (Å²) in [7, 11) is 2.04. The Balaban J connectivity index is 1.66. The van der Waals surface area contributed by atoms with E-state index in [1.54, 1.807) is 35.2 Å². The van der Waals surface area contributed by atoms with E-state index in [4.69, 9.17) is 4.74 Å². The molecule has 0 atom stereocenters. The van der Waals surface area contributed by atoms with Crippen molar-refractivity contribution in [3.8, 4) is 5.75 Å². The molecule has 1 aliphatic heterocycles. The van der Waals surface area contributed by atoms with Gasteiger partial charge in [-0.15, -0.1) is 0 Å². The van der Waals surface area contributed by atoms with Gasteiger partial charge in [0, 0.05) is 44.3 Å². The second kappa shape index (κ2) is 8.84. The van der Waals surface area contributed by atoms with Crippen molar-refractivity contribution < 1.29 is 14.3 Å². The average Bonchev–Trinajstić information content (AvgIpc) is 2.69. The Hall–Kier alpha value is -2.93. The van der Waals surface area contributed by atoms with Crippen LogP contribution in [0.15, 0.2) is 42.7 Å². The summed E-state index contributed by atoms with van der Waals surface area (Å²) in [4.78, 5) is 33.3. The highest BCUT2D eigenvalue weighted by molar-refractivity contribution is 6.05. The number of carbonyl (C=O) groups excluding carboxylic acids is 2. The van der Waals surface area contributed by atoms with Crippen molar-refractivity contribution in [2.24, 2.45) is 0 Å². The van der Waals surface area contributed by atoms with Crippen molar-refractivity contribution in [2.75, 3.05) is 38.5 Å². The fraction of sp³-hybridized carbons (Fsp3) is 0.381. The third kappa shape index (κ3) is 5.07. The van der Waals surface area contributed by atoms with Gasteiger partial charge in [0.25, 0.3) is 11.8 Å². The molecular formula is C21H26N4O3. The zero-order chi connectivity index (χ0) is 20.1. The van der Waals surface area contributed by atoms with Crippen LogP contribution >= 0.6 is 0 Å². The van der Waals surface area contributed by atoms with Gasteiger partial charge in [0.15, 0.2) is 0 Å². The minimum atomic E-state index is -0.307. The van der Waals surface area contributed by atoms with E-state index in [2.05, 4.69) is 15.2 Å². The molecule has 3 rings (SSSR count). The highest BCUT2D eigenvalue weighted by atomic mass is 16.5. The minimum Gasteiger partial charge on any atom is -0.491 e. The number of carbonyl (C=O) groups is 2.